The van der Waals surface area contributed by atoms with Crippen molar-refractivity contribution in [2.45, 2.75) is 18.9 Å². The average Bonchev–Trinajstić information content (AvgIpc) is 2.67. The topological polar surface area (TPSA) is 41.9 Å². The van der Waals surface area contributed by atoms with E-state index in [-0.39, 0.29) is 0 Å². The Balaban J connectivity index is 1.87. The molecule has 2 aromatic carbocycles. The molecule has 1 heterocycles. The minimum atomic E-state index is -1.02. The number of ether oxygens (including phenoxy) is 2. The molecule has 0 amide bonds. The van der Waals surface area contributed by atoms with Crippen molar-refractivity contribution in [1.82, 2.24) is 4.90 Å². The number of hydrogen-bond acceptors (Lipinski definition) is 4. The van der Waals surface area contributed by atoms with Crippen molar-refractivity contribution in [2.75, 3.05) is 40.0 Å². The van der Waals surface area contributed by atoms with Crippen LogP contribution in [0.1, 0.15) is 23.1 Å². The van der Waals surface area contributed by atoms with E-state index < -0.39 is 5.60 Å². The van der Waals surface area contributed by atoms with Gasteiger partial charge in [0, 0.05) is 19.6 Å². The van der Waals surface area contributed by atoms with Gasteiger partial charge >= 0.3 is 0 Å². The second-order valence-electron chi connectivity index (χ2n) is 6.66. The van der Waals surface area contributed by atoms with Crippen LogP contribution in [0.25, 0.3) is 0 Å². The highest BCUT2D eigenvalue weighted by molar-refractivity contribution is 5.39. The molecule has 1 N–H and O–H groups in total. The van der Waals surface area contributed by atoms with Crippen LogP contribution in [0, 0.1) is 6.92 Å². The molecule has 1 aliphatic heterocycles. The summed E-state index contributed by atoms with van der Waals surface area (Å²) in [6, 6.07) is 15.9. The molecule has 0 unspecified atom stereocenters. The van der Waals surface area contributed by atoms with E-state index in [1.165, 1.54) is 5.56 Å². The van der Waals surface area contributed by atoms with E-state index in [2.05, 4.69) is 24.0 Å². The first-order valence-electron chi connectivity index (χ1n) is 8.86. The molecule has 0 aromatic heterocycles. The Labute approximate surface area is 150 Å². The maximum absolute atomic E-state index is 11.6. The molecule has 1 fully saturated rings. The first kappa shape index (κ1) is 17.9. The Hall–Kier alpha value is -1.88. The lowest BCUT2D eigenvalue weighted by Gasteiger charge is -2.34. The van der Waals surface area contributed by atoms with Crippen molar-refractivity contribution in [1.29, 1.82) is 0 Å². The summed E-state index contributed by atoms with van der Waals surface area (Å²) in [7, 11) is 1.65. The summed E-state index contributed by atoms with van der Waals surface area (Å²) >= 11 is 0. The van der Waals surface area contributed by atoms with Gasteiger partial charge in [-0.05, 0) is 36.6 Å². The smallest absolute Gasteiger partial charge is 0.118 e. The van der Waals surface area contributed by atoms with Crippen molar-refractivity contribution in [3.8, 4) is 5.75 Å². The molecule has 4 nitrogen and oxygen atoms in total. The van der Waals surface area contributed by atoms with Crippen LogP contribution in [-0.4, -0.2) is 50.0 Å². The number of morpholine rings is 1. The fourth-order valence-electron chi connectivity index (χ4n) is 3.30. The molecule has 0 spiro atoms. The van der Waals surface area contributed by atoms with E-state index in [0.717, 1.165) is 49.7 Å². The maximum atomic E-state index is 11.6. The van der Waals surface area contributed by atoms with Crippen molar-refractivity contribution in [3.63, 3.8) is 0 Å². The standard InChI is InChI=1S/C21H27NO3/c1-17-3-5-18(6-4-17)21(23,11-12-22-13-15-25-16-14-22)19-7-9-20(24-2)10-8-19/h3-10,23H,11-16H2,1-2H3/t21-/m1/s1. The lowest BCUT2D eigenvalue weighted by atomic mass is 9.83. The molecule has 0 aliphatic carbocycles. The van der Waals surface area contributed by atoms with Crippen LogP contribution in [0.5, 0.6) is 5.75 Å². The van der Waals surface area contributed by atoms with Crippen LogP contribution in [0.2, 0.25) is 0 Å². The maximum Gasteiger partial charge on any atom is 0.118 e. The summed E-state index contributed by atoms with van der Waals surface area (Å²) in [6.07, 6.45) is 0.641. The van der Waals surface area contributed by atoms with Gasteiger partial charge in [0.25, 0.3) is 0 Å². The van der Waals surface area contributed by atoms with Gasteiger partial charge < -0.3 is 14.6 Å². The largest absolute Gasteiger partial charge is 0.497 e. The summed E-state index contributed by atoms with van der Waals surface area (Å²) in [5, 5.41) is 11.6. The van der Waals surface area contributed by atoms with Gasteiger partial charge in [-0.25, -0.2) is 0 Å². The normalized spacial score (nSPS) is 17.9. The predicted octanol–water partition coefficient (Wildman–Crippen LogP) is 2.96. The van der Waals surface area contributed by atoms with E-state index in [0.29, 0.717) is 6.42 Å². The Morgan fingerprint density at radius 2 is 1.56 bits per heavy atom. The Bertz CT molecular complexity index is 663. The Kier molecular flexibility index (Phi) is 5.74. The van der Waals surface area contributed by atoms with Crippen LogP contribution in [-0.2, 0) is 10.3 Å². The van der Waals surface area contributed by atoms with Crippen molar-refractivity contribution in [3.05, 3.63) is 65.2 Å². The van der Waals surface area contributed by atoms with Gasteiger partial charge in [0.1, 0.15) is 11.4 Å². The van der Waals surface area contributed by atoms with E-state index in [4.69, 9.17) is 9.47 Å². The van der Waals surface area contributed by atoms with E-state index in [9.17, 15) is 5.11 Å². The molecular formula is C21H27NO3. The quantitative estimate of drug-likeness (QED) is 0.877. The van der Waals surface area contributed by atoms with E-state index in [1.807, 2.05) is 36.4 Å². The molecule has 0 saturated carbocycles. The molecule has 1 aliphatic rings. The van der Waals surface area contributed by atoms with Crippen LogP contribution < -0.4 is 4.74 Å². The molecule has 3 rings (SSSR count). The lowest BCUT2D eigenvalue weighted by Crippen LogP contribution is -2.40. The van der Waals surface area contributed by atoms with E-state index >= 15 is 0 Å². The van der Waals surface area contributed by atoms with Crippen molar-refractivity contribution < 1.29 is 14.6 Å². The van der Waals surface area contributed by atoms with Gasteiger partial charge in [0.2, 0.25) is 0 Å². The van der Waals surface area contributed by atoms with Gasteiger partial charge in [-0.15, -0.1) is 0 Å². The Morgan fingerprint density at radius 3 is 2.12 bits per heavy atom. The summed E-state index contributed by atoms with van der Waals surface area (Å²) in [5.74, 6) is 0.795. The molecule has 2 aromatic rings. The summed E-state index contributed by atoms with van der Waals surface area (Å²) < 4.78 is 10.7. The SMILES string of the molecule is COc1ccc([C@@](O)(CCN2CCOCC2)c2ccc(C)cc2)cc1. The summed E-state index contributed by atoms with van der Waals surface area (Å²) in [5.41, 5.74) is 1.99. The van der Waals surface area contributed by atoms with Crippen molar-refractivity contribution in [2.24, 2.45) is 0 Å². The summed E-state index contributed by atoms with van der Waals surface area (Å²) in [4.78, 5) is 2.35. The molecule has 1 atom stereocenters. The molecule has 4 heteroatoms. The van der Waals surface area contributed by atoms with Gasteiger partial charge in [-0.3, -0.25) is 4.90 Å². The summed E-state index contributed by atoms with van der Waals surface area (Å²) in [6.45, 7) is 6.28. The second-order valence-corrected chi connectivity index (χ2v) is 6.66. The third-order valence-corrected chi connectivity index (χ3v) is 4.99. The molecule has 1 saturated heterocycles. The zero-order valence-electron chi connectivity index (χ0n) is 15.1. The van der Waals surface area contributed by atoms with Crippen LogP contribution in [0.4, 0.5) is 0 Å². The number of benzene rings is 2. The van der Waals surface area contributed by atoms with Gasteiger partial charge in [0.05, 0.1) is 20.3 Å². The molecule has 25 heavy (non-hydrogen) atoms. The average molecular weight is 341 g/mol. The highest BCUT2D eigenvalue weighted by Crippen LogP contribution is 2.34. The fourth-order valence-corrected chi connectivity index (χ4v) is 3.30. The number of methoxy groups -OCH3 is 1. The minimum Gasteiger partial charge on any atom is -0.497 e. The van der Waals surface area contributed by atoms with Gasteiger partial charge in [-0.1, -0.05) is 42.0 Å². The van der Waals surface area contributed by atoms with Crippen LogP contribution >= 0.6 is 0 Å². The second kappa shape index (κ2) is 8.00. The minimum absolute atomic E-state index is 0.641. The molecule has 0 bridgehead atoms. The van der Waals surface area contributed by atoms with Gasteiger partial charge in [-0.2, -0.15) is 0 Å². The zero-order chi connectivity index (χ0) is 17.7. The monoisotopic (exact) mass is 341 g/mol. The molecule has 134 valence electrons. The number of aliphatic hydroxyl groups is 1. The van der Waals surface area contributed by atoms with E-state index in [1.54, 1.807) is 7.11 Å². The van der Waals surface area contributed by atoms with Gasteiger partial charge in [0.15, 0.2) is 0 Å². The van der Waals surface area contributed by atoms with Crippen LogP contribution in [0.3, 0.4) is 0 Å². The zero-order valence-corrected chi connectivity index (χ0v) is 15.1. The number of rotatable bonds is 6. The number of aryl methyl sites for hydroxylation is 1. The number of hydrogen-bond donors (Lipinski definition) is 1. The first-order chi connectivity index (χ1) is 12.1. The highest BCUT2D eigenvalue weighted by atomic mass is 16.5. The highest BCUT2D eigenvalue weighted by Gasteiger charge is 2.32. The number of nitrogens with zero attached hydrogens (tertiary/aromatic N) is 1. The third kappa shape index (κ3) is 4.21. The Morgan fingerprint density at radius 1 is 1.00 bits per heavy atom. The van der Waals surface area contributed by atoms with Crippen molar-refractivity contribution >= 4 is 0 Å². The lowest BCUT2D eigenvalue weighted by molar-refractivity contribution is 0.0143. The fraction of sp³-hybridized carbons (Fsp3) is 0.429. The third-order valence-electron chi connectivity index (χ3n) is 4.99. The molecule has 0 radical (unpaired) electrons. The first-order valence-corrected chi connectivity index (χ1v) is 8.86. The molecular weight excluding hydrogens is 314 g/mol. The van der Waals surface area contributed by atoms with Crippen LogP contribution in [0.15, 0.2) is 48.5 Å². The predicted molar refractivity (Wildman–Crippen MR) is 99.0 cm³/mol.